The van der Waals surface area contributed by atoms with Crippen LogP contribution in [-0.2, 0) is 4.79 Å². The summed E-state index contributed by atoms with van der Waals surface area (Å²) in [5.41, 5.74) is 2.10. The lowest BCUT2D eigenvalue weighted by Crippen LogP contribution is -2.25. The lowest BCUT2D eigenvalue weighted by atomic mass is 10.2. The van der Waals surface area contributed by atoms with Gasteiger partial charge in [0.15, 0.2) is 0 Å². The van der Waals surface area contributed by atoms with E-state index in [-0.39, 0.29) is 10.7 Å². The molecule has 3 nitrogen and oxygen atoms in total. The Morgan fingerprint density at radius 2 is 2.20 bits per heavy atom. The average molecular weight is 269 g/mol. The van der Waals surface area contributed by atoms with Crippen molar-refractivity contribution in [2.45, 2.75) is 25.1 Å². The Kier molecular flexibility index (Phi) is 2.78. The molecule has 15 heavy (non-hydrogen) atoms. The third-order valence-corrected chi connectivity index (χ3v) is 3.05. The highest BCUT2D eigenvalue weighted by atomic mass is 79.9. The van der Waals surface area contributed by atoms with Crippen LogP contribution in [0.1, 0.15) is 17.7 Å². The third-order valence-electron chi connectivity index (χ3n) is 2.44. The zero-order valence-corrected chi connectivity index (χ0v) is 10.4. The number of hydrogen-bond donors (Lipinski definition) is 0. The zero-order chi connectivity index (χ0) is 11.0. The van der Waals surface area contributed by atoms with E-state index in [0.717, 1.165) is 17.1 Å². The van der Waals surface area contributed by atoms with Crippen LogP contribution in [0.4, 0.5) is 5.82 Å². The summed E-state index contributed by atoms with van der Waals surface area (Å²) in [5, 5.41) is 0. The number of aromatic nitrogens is 1. The monoisotopic (exact) mass is 268 g/mol. The van der Waals surface area contributed by atoms with Crippen LogP contribution in [-0.4, -0.2) is 22.3 Å². The van der Waals surface area contributed by atoms with Gasteiger partial charge in [-0.15, -0.1) is 0 Å². The molecule has 80 valence electrons. The Bertz CT molecular complexity index is 385. The molecule has 1 unspecified atom stereocenters. The maximum Gasteiger partial charge on any atom is 0.229 e. The van der Waals surface area contributed by atoms with Crippen LogP contribution in [0.2, 0.25) is 0 Å². The van der Waals surface area contributed by atoms with E-state index >= 15 is 0 Å². The normalized spacial score (nSPS) is 21.1. The topological polar surface area (TPSA) is 33.2 Å². The van der Waals surface area contributed by atoms with Crippen molar-refractivity contribution in [3.8, 4) is 0 Å². The molecule has 0 spiro atoms. The molecule has 1 aliphatic heterocycles. The van der Waals surface area contributed by atoms with Gasteiger partial charge in [0, 0.05) is 23.5 Å². The third kappa shape index (κ3) is 2.20. The van der Waals surface area contributed by atoms with Crippen molar-refractivity contribution in [1.82, 2.24) is 4.98 Å². The molecule has 1 amide bonds. The molecular formula is C11H13BrN2O. The standard InChI is InChI=1S/C11H13BrN2O/c1-7-3-8(2)13-10(4-7)14-6-9(12)5-11(14)15/h3-4,9H,5-6H2,1-2H3. The smallest absolute Gasteiger partial charge is 0.229 e. The Labute approximate surface area is 97.6 Å². The predicted molar refractivity (Wildman–Crippen MR) is 63.4 cm³/mol. The number of rotatable bonds is 1. The first kappa shape index (κ1) is 10.6. The number of nitrogens with zero attached hydrogens (tertiary/aromatic N) is 2. The number of aryl methyl sites for hydroxylation is 2. The fourth-order valence-corrected chi connectivity index (χ4v) is 2.41. The number of halogens is 1. The van der Waals surface area contributed by atoms with Crippen molar-refractivity contribution >= 4 is 27.7 Å². The van der Waals surface area contributed by atoms with Crippen LogP contribution in [0, 0.1) is 13.8 Å². The SMILES string of the molecule is Cc1cc(C)nc(N2CC(Br)CC2=O)c1. The summed E-state index contributed by atoms with van der Waals surface area (Å²) < 4.78 is 0. The van der Waals surface area contributed by atoms with Gasteiger partial charge < -0.3 is 0 Å². The fourth-order valence-electron chi connectivity index (χ4n) is 1.84. The lowest BCUT2D eigenvalue weighted by Gasteiger charge is -2.15. The molecule has 2 heterocycles. The fraction of sp³-hybridized carbons (Fsp3) is 0.455. The molecule has 1 aromatic rings. The van der Waals surface area contributed by atoms with Gasteiger partial charge in [0.2, 0.25) is 5.91 Å². The number of hydrogen-bond acceptors (Lipinski definition) is 2. The number of alkyl halides is 1. The van der Waals surface area contributed by atoms with E-state index in [4.69, 9.17) is 0 Å². The molecule has 1 saturated heterocycles. The number of carbonyl (C=O) groups excluding carboxylic acids is 1. The van der Waals surface area contributed by atoms with E-state index in [1.807, 2.05) is 26.0 Å². The number of pyridine rings is 1. The quantitative estimate of drug-likeness (QED) is 0.732. The highest BCUT2D eigenvalue weighted by Crippen LogP contribution is 2.24. The summed E-state index contributed by atoms with van der Waals surface area (Å²) in [6.07, 6.45) is 0.564. The van der Waals surface area contributed by atoms with Gasteiger partial charge in [0.05, 0.1) is 0 Å². The van der Waals surface area contributed by atoms with Crippen molar-refractivity contribution in [3.63, 3.8) is 0 Å². The molecule has 1 aliphatic rings. The molecule has 0 bridgehead atoms. The molecule has 1 aromatic heterocycles. The van der Waals surface area contributed by atoms with E-state index < -0.39 is 0 Å². The first-order chi connectivity index (χ1) is 7.06. The van der Waals surface area contributed by atoms with Crippen molar-refractivity contribution in [1.29, 1.82) is 0 Å². The van der Waals surface area contributed by atoms with Crippen LogP contribution in [0.25, 0.3) is 0 Å². The summed E-state index contributed by atoms with van der Waals surface area (Å²) in [6.45, 7) is 4.68. The molecule has 0 radical (unpaired) electrons. The van der Waals surface area contributed by atoms with Gasteiger partial charge in [-0.2, -0.15) is 0 Å². The van der Waals surface area contributed by atoms with Gasteiger partial charge in [0.25, 0.3) is 0 Å². The van der Waals surface area contributed by atoms with E-state index in [9.17, 15) is 4.79 Å². The second-order valence-electron chi connectivity index (χ2n) is 3.95. The molecule has 2 rings (SSSR count). The summed E-state index contributed by atoms with van der Waals surface area (Å²) in [6, 6.07) is 3.96. The Morgan fingerprint density at radius 1 is 1.47 bits per heavy atom. The second kappa shape index (κ2) is 3.93. The van der Waals surface area contributed by atoms with Crippen LogP contribution >= 0.6 is 15.9 Å². The van der Waals surface area contributed by atoms with E-state index in [1.165, 1.54) is 0 Å². The van der Waals surface area contributed by atoms with Crippen molar-refractivity contribution < 1.29 is 4.79 Å². The lowest BCUT2D eigenvalue weighted by molar-refractivity contribution is -0.117. The molecule has 4 heteroatoms. The van der Waals surface area contributed by atoms with Crippen LogP contribution in [0.3, 0.4) is 0 Å². The highest BCUT2D eigenvalue weighted by molar-refractivity contribution is 9.09. The molecule has 0 aromatic carbocycles. The minimum atomic E-state index is 0.148. The van der Waals surface area contributed by atoms with Crippen molar-refractivity contribution in [2.24, 2.45) is 0 Å². The minimum absolute atomic E-state index is 0.148. The number of amides is 1. The van der Waals surface area contributed by atoms with Gasteiger partial charge in [-0.05, 0) is 31.5 Å². The highest BCUT2D eigenvalue weighted by Gasteiger charge is 2.29. The first-order valence-corrected chi connectivity index (χ1v) is 5.87. The average Bonchev–Trinajstić information content (AvgIpc) is 2.43. The van der Waals surface area contributed by atoms with Crippen molar-refractivity contribution in [3.05, 3.63) is 23.4 Å². The summed E-state index contributed by atoms with van der Waals surface area (Å²) in [4.78, 5) is 18.1. The first-order valence-electron chi connectivity index (χ1n) is 4.96. The molecule has 0 aliphatic carbocycles. The zero-order valence-electron chi connectivity index (χ0n) is 8.83. The van der Waals surface area contributed by atoms with E-state index in [0.29, 0.717) is 13.0 Å². The predicted octanol–water partition coefficient (Wildman–Crippen LogP) is 2.20. The van der Waals surface area contributed by atoms with Gasteiger partial charge in [-0.3, -0.25) is 9.69 Å². The molecule has 0 N–H and O–H groups in total. The van der Waals surface area contributed by atoms with Crippen LogP contribution in [0.15, 0.2) is 12.1 Å². The summed E-state index contributed by atoms with van der Waals surface area (Å²) in [7, 11) is 0. The van der Waals surface area contributed by atoms with Gasteiger partial charge in [0.1, 0.15) is 5.82 Å². The van der Waals surface area contributed by atoms with E-state index in [2.05, 4.69) is 20.9 Å². The van der Waals surface area contributed by atoms with E-state index in [1.54, 1.807) is 4.90 Å². The second-order valence-corrected chi connectivity index (χ2v) is 5.24. The van der Waals surface area contributed by atoms with Crippen LogP contribution in [0.5, 0.6) is 0 Å². The molecular weight excluding hydrogens is 256 g/mol. The van der Waals surface area contributed by atoms with Crippen molar-refractivity contribution in [2.75, 3.05) is 11.4 Å². The van der Waals surface area contributed by atoms with Gasteiger partial charge in [-0.1, -0.05) is 15.9 Å². The minimum Gasteiger partial charge on any atom is -0.296 e. The number of carbonyl (C=O) groups is 1. The summed E-state index contributed by atoms with van der Waals surface area (Å²) in [5.74, 6) is 0.925. The van der Waals surface area contributed by atoms with Crippen LogP contribution < -0.4 is 4.90 Å². The Morgan fingerprint density at radius 3 is 2.73 bits per heavy atom. The molecule has 1 fully saturated rings. The molecule has 0 saturated carbocycles. The Hall–Kier alpha value is -0.900. The van der Waals surface area contributed by atoms with Gasteiger partial charge >= 0.3 is 0 Å². The maximum absolute atomic E-state index is 11.7. The molecule has 1 atom stereocenters. The van der Waals surface area contributed by atoms with Gasteiger partial charge in [-0.25, -0.2) is 4.98 Å². The maximum atomic E-state index is 11.7. The number of anilines is 1. The Balaban J connectivity index is 2.33. The largest absolute Gasteiger partial charge is 0.296 e. The summed E-state index contributed by atoms with van der Waals surface area (Å²) >= 11 is 3.46.